The lowest BCUT2D eigenvalue weighted by Crippen LogP contribution is -2.48. The standard InChI is InChI=1S/C20H40N4O6/c1-19(2,3)29-17(27)23-14(13-25)9-8-12-22-16(26)15(10-7-11-21)24-18(28)30-20(4,5)6/h14-15,25H,7-13,21H2,1-6H3,(H,22,26)(H,23,27)(H,24,28)/t14-,15-/m0/s1. The summed E-state index contributed by atoms with van der Waals surface area (Å²) >= 11 is 0. The third-order valence-electron chi connectivity index (χ3n) is 3.67. The fourth-order valence-electron chi connectivity index (χ4n) is 2.41. The number of hydrogen-bond donors (Lipinski definition) is 5. The zero-order chi connectivity index (χ0) is 23.4. The third kappa shape index (κ3) is 14.9. The van der Waals surface area contributed by atoms with Crippen molar-refractivity contribution in [3.63, 3.8) is 0 Å². The molecule has 10 nitrogen and oxygen atoms in total. The second kappa shape index (κ2) is 13.3. The monoisotopic (exact) mass is 432 g/mol. The molecule has 176 valence electrons. The normalized spacial score (nSPS) is 13.7. The Hall–Kier alpha value is -2.07. The van der Waals surface area contributed by atoms with E-state index in [0.29, 0.717) is 38.8 Å². The Morgan fingerprint density at radius 2 is 1.43 bits per heavy atom. The van der Waals surface area contributed by atoms with E-state index in [0.717, 1.165) is 0 Å². The summed E-state index contributed by atoms with van der Waals surface area (Å²) in [5, 5.41) is 17.4. The van der Waals surface area contributed by atoms with Gasteiger partial charge in [-0.25, -0.2) is 9.59 Å². The molecule has 0 rings (SSSR count). The Labute approximate surface area is 179 Å². The highest BCUT2D eigenvalue weighted by molar-refractivity contribution is 5.85. The van der Waals surface area contributed by atoms with Crippen LogP contribution in [0.5, 0.6) is 0 Å². The molecule has 0 aliphatic rings. The zero-order valence-electron chi connectivity index (χ0n) is 19.2. The van der Waals surface area contributed by atoms with Crippen LogP contribution in [0.2, 0.25) is 0 Å². The minimum Gasteiger partial charge on any atom is -0.444 e. The first-order chi connectivity index (χ1) is 13.8. The van der Waals surface area contributed by atoms with Gasteiger partial charge in [0.2, 0.25) is 5.91 Å². The lowest BCUT2D eigenvalue weighted by atomic mass is 10.1. The zero-order valence-corrected chi connectivity index (χ0v) is 19.2. The van der Waals surface area contributed by atoms with Crippen molar-refractivity contribution in [2.75, 3.05) is 19.7 Å². The Bertz CT molecular complexity index is 542. The first kappa shape index (κ1) is 27.9. The van der Waals surface area contributed by atoms with Gasteiger partial charge in [0, 0.05) is 6.54 Å². The maximum Gasteiger partial charge on any atom is 0.408 e. The summed E-state index contributed by atoms with van der Waals surface area (Å²) in [5.74, 6) is -0.338. The number of aliphatic hydroxyl groups excluding tert-OH is 1. The van der Waals surface area contributed by atoms with Crippen molar-refractivity contribution >= 4 is 18.1 Å². The molecule has 2 atom stereocenters. The number of hydrogen-bond acceptors (Lipinski definition) is 7. The van der Waals surface area contributed by atoms with Gasteiger partial charge in [-0.2, -0.15) is 0 Å². The van der Waals surface area contributed by atoms with Crippen LogP contribution in [0.25, 0.3) is 0 Å². The molecule has 0 saturated heterocycles. The summed E-state index contributed by atoms with van der Waals surface area (Å²) in [5.41, 5.74) is 4.22. The summed E-state index contributed by atoms with van der Waals surface area (Å²) < 4.78 is 10.4. The molecule has 10 heteroatoms. The second-order valence-electron chi connectivity index (χ2n) is 9.09. The minimum absolute atomic E-state index is 0.244. The van der Waals surface area contributed by atoms with E-state index >= 15 is 0 Å². The SMILES string of the molecule is CC(C)(C)OC(=O)N[C@H](CO)CCCNC(=O)[C@H](CCCN)NC(=O)OC(C)(C)C. The van der Waals surface area contributed by atoms with E-state index in [1.54, 1.807) is 41.5 Å². The van der Waals surface area contributed by atoms with Crippen molar-refractivity contribution in [1.82, 2.24) is 16.0 Å². The van der Waals surface area contributed by atoms with Gasteiger partial charge in [-0.1, -0.05) is 0 Å². The average Bonchev–Trinajstić information content (AvgIpc) is 2.57. The number of alkyl carbamates (subject to hydrolysis) is 2. The van der Waals surface area contributed by atoms with Gasteiger partial charge >= 0.3 is 12.2 Å². The van der Waals surface area contributed by atoms with Gasteiger partial charge in [-0.05, 0) is 73.8 Å². The molecule has 0 aromatic heterocycles. The molecule has 6 N–H and O–H groups in total. The van der Waals surface area contributed by atoms with E-state index in [-0.39, 0.29) is 12.5 Å². The lowest BCUT2D eigenvalue weighted by molar-refractivity contribution is -0.123. The van der Waals surface area contributed by atoms with E-state index in [9.17, 15) is 19.5 Å². The van der Waals surface area contributed by atoms with E-state index in [1.165, 1.54) is 0 Å². The van der Waals surface area contributed by atoms with E-state index in [1.807, 2.05) is 0 Å². The maximum atomic E-state index is 12.4. The third-order valence-corrected chi connectivity index (χ3v) is 3.67. The van der Waals surface area contributed by atoms with Crippen LogP contribution >= 0.6 is 0 Å². The van der Waals surface area contributed by atoms with Crippen molar-refractivity contribution in [2.24, 2.45) is 5.73 Å². The van der Waals surface area contributed by atoms with E-state index in [2.05, 4.69) is 16.0 Å². The van der Waals surface area contributed by atoms with Gasteiger partial charge in [-0.15, -0.1) is 0 Å². The highest BCUT2D eigenvalue weighted by Crippen LogP contribution is 2.09. The van der Waals surface area contributed by atoms with Crippen molar-refractivity contribution in [1.29, 1.82) is 0 Å². The number of carbonyl (C=O) groups excluding carboxylic acids is 3. The van der Waals surface area contributed by atoms with Crippen LogP contribution in [-0.4, -0.2) is 66.2 Å². The van der Waals surface area contributed by atoms with Crippen LogP contribution in [0.3, 0.4) is 0 Å². The van der Waals surface area contributed by atoms with Gasteiger partial charge in [0.15, 0.2) is 0 Å². The van der Waals surface area contributed by atoms with Crippen LogP contribution in [0.1, 0.15) is 67.2 Å². The van der Waals surface area contributed by atoms with Crippen molar-refractivity contribution in [3.8, 4) is 0 Å². The number of nitrogens with one attached hydrogen (secondary N) is 3. The number of carbonyl (C=O) groups is 3. The molecule has 0 radical (unpaired) electrons. The summed E-state index contributed by atoms with van der Waals surface area (Å²) in [6.45, 7) is 11.0. The van der Waals surface area contributed by atoms with Crippen molar-refractivity contribution < 1.29 is 29.0 Å². The molecule has 0 aromatic carbocycles. The molecule has 0 bridgehead atoms. The number of amides is 3. The highest BCUT2D eigenvalue weighted by Gasteiger charge is 2.24. The topological polar surface area (TPSA) is 152 Å². The molecule has 30 heavy (non-hydrogen) atoms. The largest absolute Gasteiger partial charge is 0.444 e. The Balaban J connectivity index is 4.48. The molecule has 0 spiro atoms. The predicted octanol–water partition coefficient (Wildman–Crippen LogP) is 1.40. The fourth-order valence-corrected chi connectivity index (χ4v) is 2.41. The van der Waals surface area contributed by atoms with Gasteiger partial charge in [0.25, 0.3) is 0 Å². The van der Waals surface area contributed by atoms with Crippen LogP contribution < -0.4 is 21.7 Å². The molecule has 0 aliphatic carbocycles. The summed E-state index contributed by atoms with van der Waals surface area (Å²) in [7, 11) is 0. The smallest absolute Gasteiger partial charge is 0.408 e. The quantitative estimate of drug-likeness (QED) is 0.309. The van der Waals surface area contributed by atoms with Crippen LogP contribution in [0, 0.1) is 0 Å². The molecule has 0 saturated carbocycles. The maximum absolute atomic E-state index is 12.4. The molecule has 0 aliphatic heterocycles. The molecule has 0 aromatic rings. The molecular formula is C20H40N4O6. The number of rotatable bonds is 11. The predicted molar refractivity (Wildman–Crippen MR) is 114 cm³/mol. The lowest BCUT2D eigenvalue weighted by Gasteiger charge is -2.24. The first-order valence-electron chi connectivity index (χ1n) is 10.3. The summed E-state index contributed by atoms with van der Waals surface area (Å²) in [6, 6.07) is -1.23. The van der Waals surface area contributed by atoms with Gasteiger partial charge in [0.05, 0.1) is 12.6 Å². The van der Waals surface area contributed by atoms with Gasteiger partial charge in [0.1, 0.15) is 17.2 Å². The molecule has 0 unspecified atom stereocenters. The van der Waals surface area contributed by atoms with E-state index < -0.39 is 35.5 Å². The van der Waals surface area contributed by atoms with Crippen LogP contribution in [0.4, 0.5) is 9.59 Å². The van der Waals surface area contributed by atoms with Crippen LogP contribution in [0.15, 0.2) is 0 Å². The van der Waals surface area contributed by atoms with Gasteiger partial charge < -0.3 is 36.3 Å². The Kier molecular flexibility index (Phi) is 12.4. The van der Waals surface area contributed by atoms with Gasteiger partial charge in [-0.3, -0.25) is 4.79 Å². The molecule has 3 amide bonds. The second-order valence-corrected chi connectivity index (χ2v) is 9.09. The van der Waals surface area contributed by atoms with Crippen molar-refractivity contribution in [2.45, 2.75) is 90.5 Å². The number of aliphatic hydroxyl groups is 1. The van der Waals surface area contributed by atoms with Crippen molar-refractivity contribution in [3.05, 3.63) is 0 Å². The molecule has 0 heterocycles. The first-order valence-corrected chi connectivity index (χ1v) is 10.3. The number of ether oxygens (including phenoxy) is 2. The van der Waals surface area contributed by atoms with Crippen LogP contribution in [-0.2, 0) is 14.3 Å². The fraction of sp³-hybridized carbons (Fsp3) is 0.850. The van der Waals surface area contributed by atoms with E-state index in [4.69, 9.17) is 15.2 Å². The summed E-state index contributed by atoms with van der Waals surface area (Å²) in [6.07, 6.45) is 0.656. The molecular weight excluding hydrogens is 392 g/mol. The average molecular weight is 433 g/mol. The summed E-state index contributed by atoms with van der Waals surface area (Å²) in [4.78, 5) is 36.2. The highest BCUT2D eigenvalue weighted by atomic mass is 16.6. The Morgan fingerprint density at radius 1 is 0.900 bits per heavy atom. The number of nitrogens with two attached hydrogens (primary N) is 1. The molecule has 0 fully saturated rings. The Morgan fingerprint density at radius 3 is 1.90 bits per heavy atom. The minimum atomic E-state index is -0.753.